The largest absolute Gasteiger partial charge is 0.465 e. The lowest BCUT2D eigenvalue weighted by molar-refractivity contribution is 0.0143. The van der Waals surface area contributed by atoms with E-state index >= 15 is 0 Å². The number of hydrogen-bond donors (Lipinski definition) is 1. The van der Waals surface area contributed by atoms with Gasteiger partial charge >= 0.3 is 5.97 Å². The van der Waals surface area contributed by atoms with Crippen molar-refractivity contribution in [2.24, 2.45) is 0 Å². The molecule has 1 saturated heterocycles. The van der Waals surface area contributed by atoms with Crippen molar-refractivity contribution >= 4 is 11.8 Å². The number of ether oxygens (including phenoxy) is 2. The van der Waals surface area contributed by atoms with Crippen LogP contribution >= 0.6 is 0 Å². The molecular weight excluding hydrogens is 334 g/mol. The monoisotopic (exact) mass is 359 g/mol. The number of esters is 1. The molecule has 0 amide bonds. The Balaban J connectivity index is 1.66. The second kappa shape index (κ2) is 8.82. The van der Waals surface area contributed by atoms with E-state index in [1.807, 2.05) is 19.1 Å². The van der Waals surface area contributed by atoms with Gasteiger partial charge in [-0.1, -0.05) is 0 Å². The van der Waals surface area contributed by atoms with Gasteiger partial charge in [-0.3, -0.25) is 4.90 Å². The second-order valence-electron chi connectivity index (χ2n) is 6.15. The van der Waals surface area contributed by atoms with E-state index < -0.39 is 0 Å². The average molecular weight is 359 g/mol. The zero-order valence-electron chi connectivity index (χ0n) is 15.2. The Morgan fingerprint density at radius 3 is 2.73 bits per heavy atom. The van der Waals surface area contributed by atoms with Gasteiger partial charge in [-0.25, -0.2) is 9.78 Å². The third-order valence-electron chi connectivity index (χ3n) is 4.33. The summed E-state index contributed by atoms with van der Waals surface area (Å²) in [6.07, 6.45) is 1.53. The van der Waals surface area contributed by atoms with Gasteiger partial charge in [0.2, 0.25) is 0 Å². The van der Waals surface area contributed by atoms with E-state index in [1.165, 1.54) is 6.20 Å². The molecule has 1 N–H and O–H groups in total. The molecule has 0 aromatic carbocycles. The van der Waals surface area contributed by atoms with E-state index in [-0.39, 0.29) is 12.0 Å². The summed E-state index contributed by atoms with van der Waals surface area (Å²) in [5.74, 6) is 2.18. The Morgan fingerprint density at radius 2 is 2.12 bits per heavy atom. The number of morpholine rings is 1. The molecule has 1 aliphatic heterocycles. The van der Waals surface area contributed by atoms with E-state index in [2.05, 4.69) is 15.2 Å². The smallest absolute Gasteiger partial charge is 0.339 e. The highest BCUT2D eigenvalue weighted by Crippen LogP contribution is 2.24. The van der Waals surface area contributed by atoms with Crippen molar-refractivity contribution < 1.29 is 18.7 Å². The lowest BCUT2D eigenvalue weighted by atomic mass is 10.1. The van der Waals surface area contributed by atoms with Crippen LogP contribution in [0.4, 0.5) is 5.82 Å². The number of rotatable bonds is 7. The van der Waals surface area contributed by atoms with Crippen molar-refractivity contribution in [3.63, 3.8) is 0 Å². The first kappa shape index (κ1) is 18.4. The number of nitrogens with zero attached hydrogens (tertiary/aromatic N) is 2. The first-order valence-electron chi connectivity index (χ1n) is 8.92. The zero-order valence-corrected chi connectivity index (χ0v) is 15.2. The van der Waals surface area contributed by atoms with Crippen molar-refractivity contribution in [1.82, 2.24) is 9.88 Å². The van der Waals surface area contributed by atoms with E-state index in [1.54, 1.807) is 19.1 Å². The number of hydrogen-bond acceptors (Lipinski definition) is 7. The quantitative estimate of drug-likeness (QED) is 0.762. The predicted molar refractivity (Wildman–Crippen MR) is 97.3 cm³/mol. The first-order chi connectivity index (χ1) is 12.7. The molecule has 2 aromatic heterocycles. The summed E-state index contributed by atoms with van der Waals surface area (Å²) in [5, 5.41) is 3.34. The maximum Gasteiger partial charge on any atom is 0.339 e. The minimum absolute atomic E-state index is 0.0964. The van der Waals surface area contributed by atoms with Crippen LogP contribution in [0.15, 0.2) is 34.9 Å². The molecular formula is C19H25N3O4. The molecule has 26 heavy (non-hydrogen) atoms. The molecule has 0 aliphatic carbocycles. The van der Waals surface area contributed by atoms with Gasteiger partial charge in [-0.05, 0) is 38.1 Å². The highest BCUT2D eigenvalue weighted by molar-refractivity contribution is 5.89. The molecule has 0 saturated carbocycles. The fourth-order valence-electron chi connectivity index (χ4n) is 2.97. The van der Waals surface area contributed by atoms with Crippen molar-refractivity contribution in [2.75, 3.05) is 44.8 Å². The van der Waals surface area contributed by atoms with E-state index in [4.69, 9.17) is 13.9 Å². The molecule has 0 radical (unpaired) electrons. The molecule has 0 spiro atoms. The lowest BCUT2D eigenvalue weighted by Gasteiger charge is -2.33. The number of carbonyl (C=O) groups is 1. The van der Waals surface area contributed by atoms with E-state index in [0.717, 1.165) is 37.8 Å². The fraction of sp³-hybridized carbons (Fsp3) is 0.474. The van der Waals surface area contributed by atoms with Crippen LogP contribution in [-0.4, -0.2) is 55.3 Å². The molecule has 0 bridgehead atoms. The molecule has 7 nitrogen and oxygen atoms in total. The summed E-state index contributed by atoms with van der Waals surface area (Å²) in [6.45, 7) is 7.90. The summed E-state index contributed by atoms with van der Waals surface area (Å²) in [6, 6.07) is 7.60. The highest BCUT2D eigenvalue weighted by Gasteiger charge is 2.25. The molecule has 1 fully saturated rings. The third kappa shape index (κ3) is 4.62. The van der Waals surface area contributed by atoms with Gasteiger partial charge in [-0.2, -0.15) is 0 Å². The number of aromatic nitrogens is 1. The number of aryl methyl sites for hydroxylation is 1. The van der Waals surface area contributed by atoms with Gasteiger partial charge in [0, 0.05) is 25.8 Å². The van der Waals surface area contributed by atoms with E-state index in [0.29, 0.717) is 24.5 Å². The second-order valence-corrected chi connectivity index (χ2v) is 6.15. The number of carbonyl (C=O) groups excluding carboxylic acids is 1. The summed E-state index contributed by atoms with van der Waals surface area (Å²) < 4.78 is 16.3. The van der Waals surface area contributed by atoms with Crippen molar-refractivity contribution in [1.29, 1.82) is 0 Å². The molecule has 140 valence electrons. The van der Waals surface area contributed by atoms with Crippen LogP contribution in [0.5, 0.6) is 0 Å². The van der Waals surface area contributed by atoms with Gasteiger partial charge in [-0.15, -0.1) is 0 Å². The van der Waals surface area contributed by atoms with E-state index in [9.17, 15) is 4.79 Å². The average Bonchev–Trinajstić information content (AvgIpc) is 3.09. The summed E-state index contributed by atoms with van der Waals surface area (Å²) in [5.41, 5.74) is 0.448. The molecule has 3 rings (SSSR count). The van der Waals surface area contributed by atoms with Crippen LogP contribution in [0, 0.1) is 6.92 Å². The molecule has 1 unspecified atom stereocenters. The predicted octanol–water partition coefficient (Wildman–Crippen LogP) is 2.65. The summed E-state index contributed by atoms with van der Waals surface area (Å²) in [4.78, 5) is 18.4. The van der Waals surface area contributed by atoms with Gasteiger partial charge < -0.3 is 19.2 Å². The molecule has 2 aromatic rings. The van der Waals surface area contributed by atoms with Gasteiger partial charge in [0.1, 0.15) is 17.3 Å². The van der Waals surface area contributed by atoms with Crippen molar-refractivity contribution in [3.8, 4) is 0 Å². The number of furan rings is 1. The molecule has 7 heteroatoms. The summed E-state index contributed by atoms with van der Waals surface area (Å²) >= 11 is 0. The normalized spacial score (nSPS) is 16.2. The molecule has 3 heterocycles. The Bertz CT molecular complexity index is 708. The van der Waals surface area contributed by atoms with Crippen LogP contribution in [0.1, 0.15) is 34.8 Å². The standard InChI is InChI=1S/C19H25N3O4/c1-3-25-19(23)15-5-7-18(20-12-15)21-13-16(17-6-4-14(2)26-17)22-8-10-24-11-9-22/h4-7,12,16H,3,8-11,13H2,1-2H3,(H,20,21). The van der Waals surface area contributed by atoms with Crippen LogP contribution < -0.4 is 5.32 Å². The highest BCUT2D eigenvalue weighted by atomic mass is 16.5. The Morgan fingerprint density at radius 1 is 1.31 bits per heavy atom. The Hall–Kier alpha value is -2.38. The van der Waals surface area contributed by atoms with Crippen LogP contribution in [-0.2, 0) is 9.47 Å². The number of nitrogens with one attached hydrogen (secondary N) is 1. The maximum atomic E-state index is 11.7. The Kier molecular flexibility index (Phi) is 6.25. The zero-order chi connectivity index (χ0) is 18.4. The number of anilines is 1. The van der Waals surface area contributed by atoms with Crippen LogP contribution in [0.25, 0.3) is 0 Å². The first-order valence-corrected chi connectivity index (χ1v) is 8.92. The SMILES string of the molecule is CCOC(=O)c1ccc(NCC(c2ccc(C)o2)N2CCOCC2)nc1. The molecule has 1 aliphatic rings. The topological polar surface area (TPSA) is 76.8 Å². The van der Waals surface area contributed by atoms with Crippen LogP contribution in [0.3, 0.4) is 0 Å². The van der Waals surface area contributed by atoms with Crippen molar-refractivity contribution in [2.45, 2.75) is 19.9 Å². The van der Waals surface area contributed by atoms with Gasteiger partial charge in [0.25, 0.3) is 0 Å². The van der Waals surface area contributed by atoms with Crippen LogP contribution in [0.2, 0.25) is 0 Å². The fourth-order valence-corrected chi connectivity index (χ4v) is 2.97. The maximum absolute atomic E-state index is 11.7. The minimum Gasteiger partial charge on any atom is -0.465 e. The van der Waals surface area contributed by atoms with Crippen molar-refractivity contribution in [3.05, 3.63) is 47.5 Å². The van der Waals surface area contributed by atoms with Gasteiger partial charge in [0.05, 0.1) is 31.4 Å². The van der Waals surface area contributed by atoms with Gasteiger partial charge in [0.15, 0.2) is 0 Å². The number of pyridine rings is 1. The molecule has 1 atom stereocenters. The third-order valence-corrected chi connectivity index (χ3v) is 4.33. The lowest BCUT2D eigenvalue weighted by Crippen LogP contribution is -2.41. The minimum atomic E-state index is -0.358. The Labute approximate surface area is 153 Å². The summed E-state index contributed by atoms with van der Waals surface area (Å²) in [7, 11) is 0.